The quantitative estimate of drug-likeness (QED) is 0.580. The predicted molar refractivity (Wildman–Crippen MR) is 66.3 cm³/mol. The van der Waals surface area contributed by atoms with E-state index in [0.717, 1.165) is 0 Å². The lowest BCUT2D eigenvalue weighted by Crippen LogP contribution is -2.18. The number of carbonyl (C=O) groups excluding carboxylic acids is 1. The van der Waals surface area contributed by atoms with Gasteiger partial charge in [-0.05, 0) is 20.8 Å². The largest absolute Gasteiger partial charge is 0.370 e. The summed E-state index contributed by atoms with van der Waals surface area (Å²) < 4.78 is 1.54. The molecule has 1 amide bonds. The van der Waals surface area contributed by atoms with E-state index in [1.807, 2.05) is 13.8 Å². The van der Waals surface area contributed by atoms with Crippen molar-refractivity contribution in [3.63, 3.8) is 0 Å². The molecule has 0 aliphatic rings. The molecule has 0 aliphatic carbocycles. The smallest absolute Gasteiger partial charge is 0.333 e. The number of primary amides is 1. The van der Waals surface area contributed by atoms with E-state index in [-0.39, 0.29) is 24.7 Å². The van der Waals surface area contributed by atoms with Gasteiger partial charge in [0.25, 0.3) is 0 Å². The topological polar surface area (TPSA) is 116 Å². The zero-order valence-electron chi connectivity index (χ0n) is 10.6. The van der Waals surface area contributed by atoms with E-state index < -0.39 is 10.8 Å². The highest BCUT2D eigenvalue weighted by atomic mass is 16.6. The molecular weight excluding hydrogens is 238 g/mol. The highest BCUT2D eigenvalue weighted by molar-refractivity contribution is 5.74. The summed E-state index contributed by atoms with van der Waals surface area (Å²) in [5.74, 6) is -0.147. The van der Waals surface area contributed by atoms with Gasteiger partial charge in [0.05, 0.1) is 4.92 Å². The van der Waals surface area contributed by atoms with Gasteiger partial charge in [0.2, 0.25) is 11.7 Å². The van der Waals surface area contributed by atoms with Crippen molar-refractivity contribution < 1.29 is 9.72 Å². The SMILES string of the molecule is Cc1nn(C(C)C)c(NCCC(N)=O)c1[N+](=O)[O-]. The van der Waals surface area contributed by atoms with E-state index in [9.17, 15) is 14.9 Å². The van der Waals surface area contributed by atoms with E-state index in [1.165, 1.54) is 4.68 Å². The minimum absolute atomic E-state index is 0.0199. The second-order valence-corrected chi connectivity index (χ2v) is 4.22. The number of rotatable bonds is 6. The van der Waals surface area contributed by atoms with Gasteiger partial charge >= 0.3 is 5.69 Å². The van der Waals surface area contributed by atoms with Crippen LogP contribution in [0, 0.1) is 17.0 Å². The number of nitrogens with two attached hydrogens (primary N) is 1. The van der Waals surface area contributed by atoms with Crippen LogP contribution in [-0.4, -0.2) is 27.2 Å². The Morgan fingerprint density at radius 3 is 2.67 bits per heavy atom. The number of nitrogens with one attached hydrogen (secondary N) is 1. The first kappa shape index (κ1) is 13.9. The average Bonchev–Trinajstić information content (AvgIpc) is 2.55. The molecular formula is C10H17N5O3. The number of nitrogens with zero attached hydrogens (tertiary/aromatic N) is 3. The Balaban J connectivity index is 3.04. The molecule has 1 heterocycles. The van der Waals surface area contributed by atoms with Crippen molar-refractivity contribution in [3.05, 3.63) is 15.8 Å². The van der Waals surface area contributed by atoms with Crippen molar-refractivity contribution in [1.29, 1.82) is 0 Å². The molecule has 3 N–H and O–H groups in total. The molecule has 1 rings (SSSR count). The van der Waals surface area contributed by atoms with Crippen LogP contribution in [0.5, 0.6) is 0 Å². The van der Waals surface area contributed by atoms with E-state index >= 15 is 0 Å². The molecule has 0 bridgehead atoms. The summed E-state index contributed by atoms with van der Waals surface area (Å²) in [6.45, 7) is 5.56. The lowest BCUT2D eigenvalue weighted by molar-refractivity contribution is -0.384. The molecule has 0 radical (unpaired) electrons. The highest BCUT2D eigenvalue weighted by Crippen LogP contribution is 2.30. The maximum Gasteiger partial charge on any atom is 0.333 e. The fourth-order valence-electron chi connectivity index (χ4n) is 1.60. The molecule has 8 nitrogen and oxygen atoms in total. The fourth-order valence-corrected chi connectivity index (χ4v) is 1.60. The number of carbonyl (C=O) groups is 1. The van der Waals surface area contributed by atoms with Crippen LogP contribution in [0.3, 0.4) is 0 Å². The lowest BCUT2D eigenvalue weighted by atomic mass is 10.3. The average molecular weight is 255 g/mol. The Morgan fingerprint density at radius 1 is 1.61 bits per heavy atom. The monoisotopic (exact) mass is 255 g/mol. The molecule has 0 atom stereocenters. The van der Waals surface area contributed by atoms with Crippen LogP contribution in [0.25, 0.3) is 0 Å². The van der Waals surface area contributed by atoms with Crippen LogP contribution in [-0.2, 0) is 4.79 Å². The van der Waals surface area contributed by atoms with Gasteiger partial charge in [0.15, 0.2) is 0 Å². The summed E-state index contributed by atoms with van der Waals surface area (Å²) in [4.78, 5) is 21.2. The maximum atomic E-state index is 11.0. The molecule has 0 saturated carbocycles. The van der Waals surface area contributed by atoms with Gasteiger partial charge in [-0.3, -0.25) is 14.9 Å². The third-order valence-corrected chi connectivity index (χ3v) is 2.39. The van der Waals surface area contributed by atoms with E-state index in [2.05, 4.69) is 10.4 Å². The van der Waals surface area contributed by atoms with Gasteiger partial charge in [0, 0.05) is 19.0 Å². The molecule has 0 fully saturated rings. The standard InChI is InChI=1S/C10H17N5O3/c1-6(2)14-10(12-5-4-8(11)16)9(15(17)18)7(3)13-14/h6,12H,4-5H2,1-3H3,(H2,11,16). The summed E-state index contributed by atoms with van der Waals surface area (Å²) in [5, 5.41) is 18.0. The Labute approximate surface area is 104 Å². The summed E-state index contributed by atoms with van der Waals surface area (Å²) in [5.41, 5.74) is 5.30. The van der Waals surface area contributed by atoms with Crippen molar-refractivity contribution in [3.8, 4) is 0 Å². The van der Waals surface area contributed by atoms with Gasteiger partial charge < -0.3 is 11.1 Å². The zero-order chi connectivity index (χ0) is 13.9. The van der Waals surface area contributed by atoms with Crippen LogP contribution in [0.1, 0.15) is 32.0 Å². The molecule has 0 aromatic carbocycles. The maximum absolute atomic E-state index is 11.0. The van der Waals surface area contributed by atoms with Crippen molar-refractivity contribution in [2.24, 2.45) is 5.73 Å². The fraction of sp³-hybridized carbons (Fsp3) is 0.600. The predicted octanol–water partition coefficient (Wildman–Crippen LogP) is 0.968. The van der Waals surface area contributed by atoms with E-state index in [1.54, 1.807) is 6.92 Å². The van der Waals surface area contributed by atoms with Crippen LogP contribution in [0.15, 0.2) is 0 Å². The van der Waals surface area contributed by atoms with Crippen LogP contribution in [0.4, 0.5) is 11.5 Å². The zero-order valence-corrected chi connectivity index (χ0v) is 10.6. The number of hydrogen-bond donors (Lipinski definition) is 2. The molecule has 0 saturated heterocycles. The van der Waals surface area contributed by atoms with Crippen molar-refractivity contribution >= 4 is 17.4 Å². The van der Waals surface area contributed by atoms with Gasteiger partial charge in [-0.15, -0.1) is 0 Å². The Hall–Kier alpha value is -2.12. The van der Waals surface area contributed by atoms with Crippen molar-refractivity contribution in [1.82, 2.24) is 9.78 Å². The molecule has 0 unspecified atom stereocenters. The van der Waals surface area contributed by atoms with Gasteiger partial charge in [-0.25, -0.2) is 4.68 Å². The summed E-state index contributed by atoms with van der Waals surface area (Å²) in [6.07, 6.45) is 0.111. The van der Waals surface area contributed by atoms with Crippen molar-refractivity contribution in [2.45, 2.75) is 33.2 Å². The third kappa shape index (κ3) is 2.96. The minimum atomic E-state index is -0.478. The number of aromatic nitrogens is 2. The summed E-state index contributed by atoms with van der Waals surface area (Å²) in [6, 6.07) is -0.0199. The summed E-state index contributed by atoms with van der Waals surface area (Å²) >= 11 is 0. The third-order valence-electron chi connectivity index (χ3n) is 2.39. The van der Waals surface area contributed by atoms with Crippen LogP contribution < -0.4 is 11.1 Å². The second-order valence-electron chi connectivity index (χ2n) is 4.22. The summed E-state index contributed by atoms with van der Waals surface area (Å²) in [7, 11) is 0. The highest BCUT2D eigenvalue weighted by Gasteiger charge is 2.26. The van der Waals surface area contributed by atoms with E-state index in [4.69, 9.17) is 5.73 Å². The Bertz CT molecular complexity index is 466. The first-order valence-electron chi connectivity index (χ1n) is 5.60. The van der Waals surface area contributed by atoms with Crippen LogP contribution in [0.2, 0.25) is 0 Å². The van der Waals surface area contributed by atoms with Gasteiger partial charge in [0.1, 0.15) is 5.69 Å². The van der Waals surface area contributed by atoms with Gasteiger partial charge in [-0.1, -0.05) is 0 Å². The molecule has 1 aromatic heterocycles. The molecule has 8 heteroatoms. The normalized spacial score (nSPS) is 10.7. The molecule has 0 aliphatic heterocycles. The number of aryl methyl sites for hydroxylation is 1. The second kappa shape index (κ2) is 5.48. The Kier molecular flexibility index (Phi) is 4.24. The Morgan fingerprint density at radius 2 is 2.22 bits per heavy atom. The van der Waals surface area contributed by atoms with E-state index in [0.29, 0.717) is 11.5 Å². The number of nitro groups is 1. The lowest BCUT2D eigenvalue weighted by Gasteiger charge is -2.11. The number of hydrogen-bond acceptors (Lipinski definition) is 5. The first-order valence-corrected chi connectivity index (χ1v) is 5.60. The van der Waals surface area contributed by atoms with Crippen LogP contribution >= 0.6 is 0 Å². The minimum Gasteiger partial charge on any atom is -0.370 e. The van der Waals surface area contributed by atoms with Crippen molar-refractivity contribution in [2.75, 3.05) is 11.9 Å². The number of amides is 1. The molecule has 0 spiro atoms. The number of anilines is 1. The first-order chi connectivity index (χ1) is 8.34. The molecule has 18 heavy (non-hydrogen) atoms. The molecule has 100 valence electrons. The van der Waals surface area contributed by atoms with Gasteiger partial charge in [-0.2, -0.15) is 5.10 Å². The molecule has 1 aromatic rings.